The van der Waals surface area contributed by atoms with Gasteiger partial charge in [-0.2, -0.15) is 5.10 Å². The van der Waals surface area contributed by atoms with Crippen molar-refractivity contribution in [3.8, 4) is 0 Å². The summed E-state index contributed by atoms with van der Waals surface area (Å²) in [4.78, 5) is 12.5. The lowest BCUT2D eigenvalue weighted by molar-refractivity contribution is 0.0934. The van der Waals surface area contributed by atoms with Crippen molar-refractivity contribution in [1.82, 2.24) is 15.1 Å². The number of rotatable bonds is 5. The minimum Gasteiger partial charge on any atom is -0.349 e. The van der Waals surface area contributed by atoms with Crippen LogP contribution in [0.3, 0.4) is 0 Å². The average Bonchev–Trinajstić information content (AvgIpc) is 3.28. The maximum Gasteiger partial charge on any atom is 0.255 e. The molecule has 0 unspecified atom stereocenters. The number of carbonyl (C=O) groups is 1. The summed E-state index contributed by atoms with van der Waals surface area (Å²) in [7, 11) is 0. The summed E-state index contributed by atoms with van der Waals surface area (Å²) in [6.07, 6.45) is 2.46. The Bertz CT molecular complexity index is 671. The van der Waals surface area contributed by atoms with E-state index < -0.39 is 0 Å². The quantitative estimate of drug-likeness (QED) is 0.922. The predicted molar refractivity (Wildman–Crippen MR) is 86.9 cm³/mol. The summed E-state index contributed by atoms with van der Waals surface area (Å²) in [5, 5.41) is 7.67. The van der Waals surface area contributed by atoms with Crippen LogP contribution < -0.4 is 5.32 Å². The highest BCUT2D eigenvalue weighted by molar-refractivity contribution is 5.96. The monoisotopic (exact) mass is 297 g/mol. The van der Waals surface area contributed by atoms with Gasteiger partial charge in [-0.05, 0) is 45.1 Å². The molecule has 0 aliphatic heterocycles. The molecular formula is C18H23N3O. The molecule has 116 valence electrons. The molecule has 1 aromatic heterocycles. The van der Waals surface area contributed by atoms with Crippen LogP contribution in [0.5, 0.6) is 0 Å². The molecule has 1 aliphatic rings. The van der Waals surface area contributed by atoms with Crippen molar-refractivity contribution < 1.29 is 4.79 Å². The van der Waals surface area contributed by atoms with Crippen molar-refractivity contribution in [2.75, 3.05) is 0 Å². The molecule has 4 heteroatoms. The molecule has 1 aliphatic carbocycles. The highest BCUT2D eigenvalue weighted by atomic mass is 16.1. The molecule has 1 heterocycles. The molecule has 1 N–H and O–H groups in total. The molecule has 1 amide bonds. The van der Waals surface area contributed by atoms with Gasteiger partial charge in [0.25, 0.3) is 5.91 Å². The number of hydrogen-bond acceptors (Lipinski definition) is 2. The highest BCUT2D eigenvalue weighted by Gasteiger charge is 2.30. The summed E-state index contributed by atoms with van der Waals surface area (Å²) in [5.41, 5.74) is 3.64. The third kappa shape index (κ3) is 3.06. The van der Waals surface area contributed by atoms with E-state index in [0.29, 0.717) is 12.5 Å². The van der Waals surface area contributed by atoms with E-state index >= 15 is 0 Å². The number of amides is 1. The third-order valence-electron chi connectivity index (χ3n) is 4.47. The van der Waals surface area contributed by atoms with Crippen molar-refractivity contribution in [3.63, 3.8) is 0 Å². The molecule has 1 saturated carbocycles. The van der Waals surface area contributed by atoms with Crippen LogP contribution in [-0.2, 0) is 6.54 Å². The Morgan fingerprint density at radius 1 is 1.32 bits per heavy atom. The van der Waals surface area contributed by atoms with Gasteiger partial charge in [-0.25, -0.2) is 0 Å². The molecule has 4 nitrogen and oxygen atoms in total. The van der Waals surface area contributed by atoms with Crippen LogP contribution in [0.25, 0.3) is 0 Å². The summed E-state index contributed by atoms with van der Waals surface area (Å²) < 4.78 is 1.92. The zero-order valence-electron chi connectivity index (χ0n) is 13.5. The van der Waals surface area contributed by atoms with E-state index in [9.17, 15) is 4.79 Å². The van der Waals surface area contributed by atoms with E-state index in [1.165, 1.54) is 18.4 Å². The Morgan fingerprint density at radius 3 is 2.64 bits per heavy atom. The molecule has 0 spiro atoms. The Labute approximate surface area is 131 Å². The Morgan fingerprint density at radius 2 is 2.00 bits per heavy atom. The van der Waals surface area contributed by atoms with Gasteiger partial charge in [0.2, 0.25) is 0 Å². The lowest BCUT2D eigenvalue weighted by atomic mass is 10.1. The first kappa shape index (κ1) is 14.8. The molecule has 1 aromatic carbocycles. The van der Waals surface area contributed by atoms with E-state index in [2.05, 4.69) is 29.5 Å². The summed E-state index contributed by atoms with van der Waals surface area (Å²) in [6, 6.07) is 10.4. The lowest BCUT2D eigenvalue weighted by Crippen LogP contribution is -2.34. The van der Waals surface area contributed by atoms with Gasteiger partial charge in [-0.3, -0.25) is 9.48 Å². The summed E-state index contributed by atoms with van der Waals surface area (Å²) >= 11 is 0. The maximum atomic E-state index is 12.5. The van der Waals surface area contributed by atoms with Crippen molar-refractivity contribution in [3.05, 3.63) is 52.8 Å². The first-order valence-electron chi connectivity index (χ1n) is 7.95. The minimum absolute atomic E-state index is 0.00807. The van der Waals surface area contributed by atoms with Crippen LogP contribution >= 0.6 is 0 Å². The predicted octanol–water partition coefficient (Wildman–Crippen LogP) is 3.08. The van der Waals surface area contributed by atoms with Gasteiger partial charge in [0.15, 0.2) is 0 Å². The van der Waals surface area contributed by atoms with Gasteiger partial charge in [0, 0.05) is 11.7 Å². The van der Waals surface area contributed by atoms with Gasteiger partial charge in [-0.1, -0.05) is 30.3 Å². The van der Waals surface area contributed by atoms with Gasteiger partial charge >= 0.3 is 0 Å². The fraction of sp³-hybridized carbons (Fsp3) is 0.444. The number of benzene rings is 1. The average molecular weight is 297 g/mol. The standard InChI is InChI=1S/C18H23N3O/c1-12(16-9-10-16)19-18(22)17-13(2)20-21(14(17)3)11-15-7-5-4-6-8-15/h4-8,12,16H,9-11H2,1-3H3,(H,19,22)/t12-/m1/s1. The SMILES string of the molecule is Cc1nn(Cc2ccccc2)c(C)c1C(=O)N[C@H](C)C1CC1. The van der Waals surface area contributed by atoms with E-state index in [1.807, 2.05) is 36.7 Å². The molecule has 1 fully saturated rings. The molecule has 0 saturated heterocycles. The zero-order chi connectivity index (χ0) is 15.7. The van der Waals surface area contributed by atoms with Crippen LogP contribution in [0.2, 0.25) is 0 Å². The van der Waals surface area contributed by atoms with Gasteiger partial charge in [0.05, 0.1) is 17.8 Å². The van der Waals surface area contributed by atoms with Gasteiger partial charge in [-0.15, -0.1) is 0 Å². The number of hydrogen-bond donors (Lipinski definition) is 1. The Balaban J connectivity index is 1.78. The molecule has 0 bridgehead atoms. The van der Waals surface area contributed by atoms with Crippen molar-refractivity contribution in [1.29, 1.82) is 0 Å². The van der Waals surface area contributed by atoms with Gasteiger partial charge < -0.3 is 5.32 Å². The second-order valence-corrected chi connectivity index (χ2v) is 6.29. The third-order valence-corrected chi connectivity index (χ3v) is 4.47. The van der Waals surface area contributed by atoms with Crippen LogP contribution in [0.15, 0.2) is 30.3 Å². The van der Waals surface area contributed by atoms with Crippen molar-refractivity contribution >= 4 is 5.91 Å². The van der Waals surface area contributed by atoms with Crippen LogP contribution in [0.1, 0.15) is 47.1 Å². The first-order chi connectivity index (χ1) is 10.6. The first-order valence-corrected chi connectivity index (χ1v) is 7.95. The molecular weight excluding hydrogens is 274 g/mol. The van der Waals surface area contributed by atoms with Crippen molar-refractivity contribution in [2.24, 2.45) is 5.92 Å². The molecule has 2 aromatic rings. The zero-order valence-corrected chi connectivity index (χ0v) is 13.5. The minimum atomic E-state index is 0.00807. The Kier molecular flexibility index (Phi) is 4.01. The second-order valence-electron chi connectivity index (χ2n) is 6.29. The van der Waals surface area contributed by atoms with Gasteiger partial charge in [0.1, 0.15) is 0 Å². The van der Waals surface area contributed by atoms with Crippen LogP contribution in [0.4, 0.5) is 0 Å². The topological polar surface area (TPSA) is 46.9 Å². The summed E-state index contributed by atoms with van der Waals surface area (Å²) in [6.45, 7) is 6.67. The maximum absolute atomic E-state index is 12.5. The van der Waals surface area contributed by atoms with E-state index in [0.717, 1.165) is 17.0 Å². The van der Waals surface area contributed by atoms with E-state index in [-0.39, 0.29) is 11.9 Å². The number of nitrogens with zero attached hydrogens (tertiary/aromatic N) is 2. The molecule has 22 heavy (non-hydrogen) atoms. The second kappa shape index (κ2) is 5.95. The largest absolute Gasteiger partial charge is 0.349 e. The number of carbonyl (C=O) groups excluding carboxylic acids is 1. The van der Waals surface area contributed by atoms with E-state index in [4.69, 9.17) is 0 Å². The van der Waals surface area contributed by atoms with Crippen LogP contribution in [-0.4, -0.2) is 21.7 Å². The smallest absolute Gasteiger partial charge is 0.255 e. The number of aromatic nitrogens is 2. The fourth-order valence-electron chi connectivity index (χ4n) is 2.93. The van der Waals surface area contributed by atoms with Crippen molar-refractivity contribution in [2.45, 2.75) is 46.2 Å². The van der Waals surface area contributed by atoms with Crippen LogP contribution in [0, 0.1) is 19.8 Å². The number of aryl methyl sites for hydroxylation is 1. The lowest BCUT2D eigenvalue weighted by Gasteiger charge is -2.13. The molecule has 0 radical (unpaired) electrons. The summed E-state index contributed by atoms with van der Waals surface area (Å²) in [5.74, 6) is 0.664. The van der Waals surface area contributed by atoms with E-state index in [1.54, 1.807) is 0 Å². The molecule has 1 atom stereocenters. The normalized spacial score (nSPS) is 15.6. The highest BCUT2D eigenvalue weighted by Crippen LogP contribution is 2.32. The Hall–Kier alpha value is -2.10. The molecule has 3 rings (SSSR count). The number of nitrogens with one attached hydrogen (secondary N) is 1. The fourth-order valence-corrected chi connectivity index (χ4v) is 2.93.